The van der Waals surface area contributed by atoms with E-state index >= 15 is 0 Å². The van der Waals surface area contributed by atoms with Crippen molar-refractivity contribution in [3.8, 4) is 0 Å². The summed E-state index contributed by atoms with van der Waals surface area (Å²) < 4.78 is 43.5. The Morgan fingerprint density at radius 2 is 2.08 bits per heavy atom. The molecule has 0 atom stereocenters. The molecule has 0 aliphatic carbocycles. The average Bonchev–Trinajstić information content (AvgIpc) is 2.54. The summed E-state index contributed by atoms with van der Waals surface area (Å²) in [4.78, 5) is 25.1. The molecule has 0 radical (unpaired) electrons. The van der Waals surface area contributed by atoms with Gasteiger partial charge in [0.25, 0.3) is 0 Å². The number of anilines is 1. The number of fused-ring (bicyclic) bond motifs is 1. The number of ether oxygens (including phenoxy) is 1. The van der Waals surface area contributed by atoms with Crippen LogP contribution < -0.4 is 15.5 Å². The number of nitrogens with zero attached hydrogens (tertiary/aromatic N) is 1. The second-order valence-electron chi connectivity index (χ2n) is 5.66. The minimum absolute atomic E-state index is 0.188. The van der Waals surface area contributed by atoms with Crippen molar-refractivity contribution in [3.05, 3.63) is 29.3 Å². The Labute approximate surface area is 143 Å². The van der Waals surface area contributed by atoms with Crippen molar-refractivity contribution >= 4 is 17.6 Å². The minimum Gasteiger partial charge on any atom is -0.383 e. The molecule has 0 fully saturated rings. The van der Waals surface area contributed by atoms with Gasteiger partial charge in [0, 0.05) is 25.9 Å². The molecule has 1 aliphatic heterocycles. The number of urea groups is 1. The van der Waals surface area contributed by atoms with Gasteiger partial charge in [0.05, 0.1) is 18.7 Å². The predicted molar refractivity (Wildman–Crippen MR) is 85.4 cm³/mol. The fraction of sp³-hybridized carbons (Fsp3) is 0.500. The van der Waals surface area contributed by atoms with Gasteiger partial charge in [-0.2, -0.15) is 13.2 Å². The van der Waals surface area contributed by atoms with Crippen molar-refractivity contribution < 1.29 is 27.5 Å². The molecule has 2 N–H and O–H groups in total. The molecule has 0 bridgehead atoms. The number of hydrogen-bond acceptors (Lipinski definition) is 4. The van der Waals surface area contributed by atoms with Gasteiger partial charge < -0.3 is 15.0 Å². The highest BCUT2D eigenvalue weighted by molar-refractivity contribution is 5.96. The lowest BCUT2D eigenvalue weighted by molar-refractivity contribution is -0.137. The summed E-state index contributed by atoms with van der Waals surface area (Å²) in [6, 6.07) is 2.88. The number of carbonyl (C=O) groups excluding carboxylic acids is 2. The van der Waals surface area contributed by atoms with Gasteiger partial charge in [0.15, 0.2) is 0 Å². The molecule has 1 aromatic rings. The van der Waals surface area contributed by atoms with Crippen LogP contribution in [0, 0.1) is 0 Å². The Morgan fingerprint density at radius 3 is 2.76 bits per heavy atom. The van der Waals surface area contributed by atoms with Crippen molar-refractivity contribution in [3.63, 3.8) is 0 Å². The lowest BCUT2D eigenvalue weighted by Crippen LogP contribution is -2.46. The summed E-state index contributed by atoms with van der Waals surface area (Å²) in [6.45, 7) is 0.817. The first-order valence-corrected chi connectivity index (χ1v) is 7.83. The highest BCUT2D eigenvalue weighted by atomic mass is 19.4. The monoisotopic (exact) mass is 359 g/mol. The van der Waals surface area contributed by atoms with Crippen LogP contribution in [0.2, 0.25) is 0 Å². The van der Waals surface area contributed by atoms with Crippen molar-refractivity contribution in [2.24, 2.45) is 0 Å². The minimum atomic E-state index is -4.44. The van der Waals surface area contributed by atoms with E-state index in [1.807, 2.05) is 0 Å². The first-order valence-electron chi connectivity index (χ1n) is 7.83. The van der Waals surface area contributed by atoms with Gasteiger partial charge in [-0.25, -0.2) is 4.79 Å². The molecule has 2 rings (SSSR count). The summed E-state index contributed by atoms with van der Waals surface area (Å²) in [7, 11) is 1.48. The van der Waals surface area contributed by atoms with E-state index < -0.39 is 23.7 Å². The van der Waals surface area contributed by atoms with Crippen molar-refractivity contribution in [2.45, 2.75) is 19.0 Å². The van der Waals surface area contributed by atoms with E-state index in [0.29, 0.717) is 25.3 Å². The van der Waals surface area contributed by atoms with Gasteiger partial charge >= 0.3 is 12.2 Å². The van der Waals surface area contributed by atoms with Crippen LogP contribution in [0.25, 0.3) is 0 Å². The quantitative estimate of drug-likeness (QED) is 0.788. The molecule has 0 saturated heterocycles. The summed E-state index contributed by atoms with van der Waals surface area (Å²) in [6.07, 6.45) is -3.06. The van der Waals surface area contributed by atoms with Gasteiger partial charge in [0.1, 0.15) is 0 Å². The number of halogens is 3. The third-order valence-corrected chi connectivity index (χ3v) is 3.81. The molecule has 1 heterocycles. The summed E-state index contributed by atoms with van der Waals surface area (Å²) in [5, 5.41) is 4.59. The second-order valence-corrected chi connectivity index (χ2v) is 5.66. The zero-order valence-corrected chi connectivity index (χ0v) is 13.8. The summed E-state index contributed by atoms with van der Waals surface area (Å²) in [5.41, 5.74) is 0.392. The third kappa shape index (κ3) is 5.35. The predicted octanol–water partition coefficient (Wildman–Crippen LogP) is 1.93. The maximum absolute atomic E-state index is 12.9. The van der Waals surface area contributed by atoms with Gasteiger partial charge in [-0.05, 0) is 30.5 Å². The number of aryl methyl sites for hydroxylation is 1. The lowest BCUT2D eigenvalue weighted by atomic mass is 9.99. The molecule has 0 aromatic heterocycles. The average molecular weight is 359 g/mol. The smallest absolute Gasteiger partial charge is 0.383 e. The second kappa shape index (κ2) is 8.19. The first kappa shape index (κ1) is 19.0. The SMILES string of the molecule is COCCNC(=O)NC(=O)CN1CCCc2ccc(C(F)(F)F)cc21. The van der Waals surface area contributed by atoms with Crippen LogP contribution >= 0.6 is 0 Å². The van der Waals surface area contributed by atoms with Crippen LogP contribution in [-0.4, -0.2) is 45.3 Å². The Balaban J connectivity index is 2.02. The number of rotatable bonds is 5. The molecule has 1 aromatic carbocycles. The molecule has 0 saturated carbocycles. The largest absolute Gasteiger partial charge is 0.416 e. The molecule has 3 amide bonds. The van der Waals surface area contributed by atoms with E-state index in [0.717, 1.165) is 24.1 Å². The van der Waals surface area contributed by atoms with Gasteiger partial charge in [-0.1, -0.05) is 6.07 Å². The van der Waals surface area contributed by atoms with Crippen molar-refractivity contribution in [1.82, 2.24) is 10.6 Å². The Morgan fingerprint density at radius 1 is 1.32 bits per heavy atom. The number of amides is 3. The maximum atomic E-state index is 12.9. The molecule has 9 heteroatoms. The van der Waals surface area contributed by atoms with E-state index in [4.69, 9.17) is 4.74 Å². The Kier molecular flexibility index (Phi) is 6.24. The van der Waals surface area contributed by atoms with Crippen LogP contribution in [0.4, 0.5) is 23.7 Å². The molecular formula is C16H20F3N3O3. The number of benzene rings is 1. The zero-order valence-electron chi connectivity index (χ0n) is 13.8. The van der Waals surface area contributed by atoms with Crippen LogP contribution in [0.1, 0.15) is 17.5 Å². The highest BCUT2D eigenvalue weighted by Crippen LogP contribution is 2.35. The van der Waals surface area contributed by atoms with Gasteiger partial charge in [0.2, 0.25) is 5.91 Å². The Bertz CT molecular complexity index is 635. The number of imide groups is 1. The number of hydrogen-bond donors (Lipinski definition) is 2. The molecule has 25 heavy (non-hydrogen) atoms. The van der Waals surface area contributed by atoms with Gasteiger partial charge in [-0.15, -0.1) is 0 Å². The summed E-state index contributed by atoms with van der Waals surface area (Å²) in [5.74, 6) is -0.583. The van der Waals surface area contributed by atoms with E-state index in [-0.39, 0.29) is 13.1 Å². The third-order valence-electron chi connectivity index (χ3n) is 3.81. The molecule has 0 spiro atoms. The van der Waals surface area contributed by atoms with Crippen LogP contribution in [0.3, 0.4) is 0 Å². The highest BCUT2D eigenvalue weighted by Gasteiger charge is 2.32. The first-order chi connectivity index (χ1) is 11.8. The van der Waals surface area contributed by atoms with Crippen molar-refractivity contribution in [1.29, 1.82) is 0 Å². The van der Waals surface area contributed by atoms with E-state index in [1.165, 1.54) is 13.2 Å². The standard InChI is InChI=1S/C16H20F3N3O3/c1-25-8-6-20-15(24)21-14(23)10-22-7-2-3-11-4-5-12(9-13(11)22)16(17,18)19/h4-5,9H,2-3,6-8,10H2,1H3,(H2,20,21,23,24). The van der Waals surface area contributed by atoms with E-state index in [2.05, 4.69) is 10.6 Å². The summed E-state index contributed by atoms with van der Waals surface area (Å²) >= 11 is 0. The van der Waals surface area contributed by atoms with Gasteiger partial charge in [-0.3, -0.25) is 10.1 Å². The number of nitrogens with one attached hydrogen (secondary N) is 2. The van der Waals surface area contributed by atoms with E-state index in [1.54, 1.807) is 4.90 Å². The number of methoxy groups -OCH3 is 1. The van der Waals surface area contributed by atoms with Crippen molar-refractivity contribution in [2.75, 3.05) is 38.3 Å². The molecule has 1 aliphatic rings. The van der Waals surface area contributed by atoms with Crippen LogP contribution in [0.15, 0.2) is 18.2 Å². The van der Waals surface area contributed by atoms with Crippen LogP contribution in [0.5, 0.6) is 0 Å². The molecule has 6 nitrogen and oxygen atoms in total. The fourth-order valence-electron chi connectivity index (χ4n) is 2.64. The zero-order chi connectivity index (χ0) is 18.4. The van der Waals surface area contributed by atoms with Crippen LogP contribution in [-0.2, 0) is 22.1 Å². The maximum Gasteiger partial charge on any atom is 0.416 e. The topological polar surface area (TPSA) is 70.7 Å². The fourth-order valence-corrected chi connectivity index (χ4v) is 2.64. The number of carbonyl (C=O) groups is 2. The normalized spacial score (nSPS) is 14.0. The Hall–Kier alpha value is -2.29. The van der Waals surface area contributed by atoms with E-state index in [9.17, 15) is 22.8 Å². The molecule has 0 unspecified atom stereocenters. The molecular weight excluding hydrogens is 339 g/mol. The molecule has 138 valence electrons. The number of alkyl halides is 3. The lowest BCUT2D eigenvalue weighted by Gasteiger charge is -2.31.